The van der Waals surface area contributed by atoms with Gasteiger partial charge in [0.25, 0.3) is 5.91 Å². The molecule has 2 fully saturated rings. The lowest BCUT2D eigenvalue weighted by molar-refractivity contribution is -0.921. The Hall–Kier alpha value is -2.21. The smallest absolute Gasteiger partial charge is 0.275 e. The molecule has 3 N–H and O–H groups in total. The van der Waals surface area contributed by atoms with Crippen LogP contribution in [0.2, 0.25) is 0 Å². The molecule has 5 heteroatoms. The highest BCUT2D eigenvalue weighted by molar-refractivity contribution is 5.76. The fourth-order valence-corrected chi connectivity index (χ4v) is 4.91. The van der Waals surface area contributed by atoms with Gasteiger partial charge in [-0.15, -0.1) is 0 Å². The first-order chi connectivity index (χ1) is 15.3. The lowest BCUT2D eigenvalue weighted by Gasteiger charge is -2.29. The molecule has 0 atom stereocenters. The van der Waals surface area contributed by atoms with Crippen molar-refractivity contribution < 1.29 is 19.3 Å². The fraction of sp³-hybridized carbons (Fsp3) is 0.500. The van der Waals surface area contributed by atoms with Crippen molar-refractivity contribution in [2.45, 2.75) is 32.4 Å². The number of rotatable bonds is 8. The van der Waals surface area contributed by atoms with Gasteiger partial charge in [-0.3, -0.25) is 4.79 Å². The van der Waals surface area contributed by atoms with Crippen molar-refractivity contribution in [2.75, 3.05) is 45.9 Å². The zero-order valence-electron chi connectivity index (χ0n) is 18.6. The van der Waals surface area contributed by atoms with Crippen molar-refractivity contribution in [3.8, 4) is 0 Å². The number of ether oxygens (including phenoxy) is 1. The van der Waals surface area contributed by atoms with Crippen LogP contribution in [0.1, 0.15) is 29.5 Å². The van der Waals surface area contributed by atoms with E-state index in [0.717, 1.165) is 51.9 Å². The first-order valence-corrected chi connectivity index (χ1v) is 11.9. The van der Waals surface area contributed by atoms with Gasteiger partial charge in [0.1, 0.15) is 19.6 Å². The van der Waals surface area contributed by atoms with Crippen LogP contribution < -0.4 is 15.1 Å². The molecule has 0 unspecified atom stereocenters. The Kier molecular flexibility index (Phi) is 8.11. The van der Waals surface area contributed by atoms with Gasteiger partial charge in [-0.2, -0.15) is 0 Å². The summed E-state index contributed by atoms with van der Waals surface area (Å²) < 4.78 is 5.47. The Bertz CT molecular complexity index is 812. The molecule has 2 aromatic carbocycles. The maximum Gasteiger partial charge on any atom is 0.275 e. The van der Waals surface area contributed by atoms with Gasteiger partial charge in [0, 0.05) is 12.1 Å². The standard InChI is InChI=1S/C26H35N3O2/c30-26(21-28-12-10-23(11-13-28)18-22-6-2-1-3-7-22)27-19-24-8-4-5-9-25(24)20-29-14-16-31-17-15-29/h1-9,23H,10-21H2,(H,27,30)/p+2. The highest BCUT2D eigenvalue weighted by Gasteiger charge is 2.24. The highest BCUT2D eigenvalue weighted by Crippen LogP contribution is 2.16. The number of carbonyl (C=O) groups excluding carboxylic acids is 1. The molecule has 1 amide bonds. The van der Waals surface area contributed by atoms with Gasteiger partial charge in [-0.05, 0) is 36.3 Å². The van der Waals surface area contributed by atoms with Crippen molar-refractivity contribution in [3.63, 3.8) is 0 Å². The molecule has 0 saturated carbocycles. The summed E-state index contributed by atoms with van der Waals surface area (Å²) in [6.07, 6.45) is 3.59. The SMILES string of the molecule is O=C(C[NH+]1CCC(Cc2ccccc2)CC1)NCc1ccccc1C[NH+]1CCOCC1. The number of hydrogen-bond donors (Lipinski definition) is 3. The minimum absolute atomic E-state index is 0.171. The third kappa shape index (κ3) is 6.89. The maximum absolute atomic E-state index is 12.6. The predicted molar refractivity (Wildman–Crippen MR) is 122 cm³/mol. The molecule has 0 aliphatic carbocycles. The summed E-state index contributed by atoms with van der Waals surface area (Å²) >= 11 is 0. The van der Waals surface area contributed by atoms with Crippen LogP contribution in [0.5, 0.6) is 0 Å². The van der Waals surface area contributed by atoms with Gasteiger partial charge in [-0.1, -0.05) is 54.6 Å². The quantitative estimate of drug-likeness (QED) is 0.570. The minimum Gasteiger partial charge on any atom is -0.370 e. The molecule has 31 heavy (non-hydrogen) atoms. The monoisotopic (exact) mass is 423 g/mol. The van der Waals surface area contributed by atoms with Crippen LogP contribution in [0.4, 0.5) is 0 Å². The van der Waals surface area contributed by atoms with Crippen LogP contribution in [0, 0.1) is 5.92 Å². The number of benzene rings is 2. The van der Waals surface area contributed by atoms with E-state index in [1.165, 1.54) is 40.9 Å². The van der Waals surface area contributed by atoms with E-state index in [1.54, 1.807) is 4.90 Å². The summed E-state index contributed by atoms with van der Waals surface area (Å²) in [5.41, 5.74) is 4.02. The molecule has 2 heterocycles. The third-order valence-electron chi connectivity index (χ3n) is 6.82. The van der Waals surface area contributed by atoms with E-state index in [-0.39, 0.29) is 5.91 Å². The second-order valence-corrected chi connectivity index (χ2v) is 9.14. The molecule has 166 valence electrons. The van der Waals surface area contributed by atoms with E-state index in [4.69, 9.17) is 4.74 Å². The average Bonchev–Trinajstić information content (AvgIpc) is 2.81. The Morgan fingerprint density at radius 1 is 0.871 bits per heavy atom. The van der Waals surface area contributed by atoms with E-state index in [9.17, 15) is 4.79 Å². The van der Waals surface area contributed by atoms with Crippen molar-refractivity contribution >= 4 is 5.91 Å². The summed E-state index contributed by atoms with van der Waals surface area (Å²) in [6, 6.07) is 19.3. The van der Waals surface area contributed by atoms with Crippen LogP contribution in [0.25, 0.3) is 0 Å². The number of piperidine rings is 1. The Balaban J connectivity index is 1.19. The summed E-state index contributed by atoms with van der Waals surface area (Å²) in [5.74, 6) is 0.925. The largest absolute Gasteiger partial charge is 0.370 e. The third-order valence-corrected chi connectivity index (χ3v) is 6.82. The predicted octanol–water partition coefficient (Wildman–Crippen LogP) is 0.256. The van der Waals surface area contributed by atoms with Gasteiger partial charge >= 0.3 is 0 Å². The second kappa shape index (κ2) is 11.4. The molecule has 0 aromatic heterocycles. The summed E-state index contributed by atoms with van der Waals surface area (Å²) in [5, 5.41) is 3.18. The summed E-state index contributed by atoms with van der Waals surface area (Å²) in [6.45, 7) is 8.24. The molecular formula is C26H37N3O2+2. The molecule has 0 bridgehead atoms. The van der Waals surface area contributed by atoms with Gasteiger partial charge in [0.05, 0.1) is 26.3 Å². The van der Waals surface area contributed by atoms with Crippen molar-refractivity contribution in [3.05, 3.63) is 71.3 Å². The van der Waals surface area contributed by atoms with Crippen LogP contribution >= 0.6 is 0 Å². The number of nitrogens with one attached hydrogen (secondary N) is 3. The van der Waals surface area contributed by atoms with Crippen molar-refractivity contribution in [1.29, 1.82) is 0 Å². The van der Waals surface area contributed by atoms with Gasteiger partial charge in [0.15, 0.2) is 6.54 Å². The molecule has 2 aliphatic rings. The van der Waals surface area contributed by atoms with Gasteiger partial charge < -0.3 is 19.9 Å². The molecular weight excluding hydrogens is 386 g/mol. The van der Waals surface area contributed by atoms with Crippen LogP contribution in [-0.4, -0.2) is 51.8 Å². The number of likely N-dealkylation sites (tertiary alicyclic amines) is 1. The normalized spacial score (nSPS) is 22.2. The summed E-state index contributed by atoms with van der Waals surface area (Å²) in [7, 11) is 0. The van der Waals surface area contributed by atoms with E-state index < -0.39 is 0 Å². The number of hydrogen-bond acceptors (Lipinski definition) is 2. The minimum atomic E-state index is 0.171. The van der Waals surface area contributed by atoms with Crippen molar-refractivity contribution in [2.24, 2.45) is 5.92 Å². The molecule has 0 radical (unpaired) electrons. The highest BCUT2D eigenvalue weighted by atomic mass is 16.5. The second-order valence-electron chi connectivity index (χ2n) is 9.14. The Morgan fingerprint density at radius 2 is 1.55 bits per heavy atom. The molecule has 5 nitrogen and oxygen atoms in total. The lowest BCUT2D eigenvalue weighted by atomic mass is 9.90. The first kappa shape index (κ1) is 22.0. The summed E-state index contributed by atoms with van der Waals surface area (Å²) in [4.78, 5) is 15.6. The molecule has 4 rings (SSSR count). The molecule has 2 saturated heterocycles. The number of amides is 1. The molecule has 2 aliphatic heterocycles. The average molecular weight is 424 g/mol. The Morgan fingerprint density at radius 3 is 2.29 bits per heavy atom. The number of carbonyl (C=O) groups is 1. The molecule has 2 aromatic rings. The maximum atomic E-state index is 12.6. The zero-order valence-corrected chi connectivity index (χ0v) is 18.6. The van der Waals surface area contributed by atoms with E-state index in [0.29, 0.717) is 13.1 Å². The first-order valence-electron chi connectivity index (χ1n) is 11.9. The van der Waals surface area contributed by atoms with E-state index >= 15 is 0 Å². The van der Waals surface area contributed by atoms with Crippen LogP contribution in [-0.2, 0) is 29.0 Å². The molecule has 0 spiro atoms. The fourth-order valence-electron chi connectivity index (χ4n) is 4.91. The zero-order chi connectivity index (χ0) is 21.3. The Labute approximate surface area is 186 Å². The van der Waals surface area contributed by atoms with Crippen LogP contribution in [0.15, 0.2) is 54.6 Å². The van der Waals surface area contributed by atoms with Gasteiger partial charge in [-0.25, -0.2) is 0 Å². The van der Waals surface area contributed by atoms with E-state index in [2.05, 4.69) is 59.9 Å². The van der Waals surface area contributed by atoms with Crippen LogP contribution in [0.3, 0.4) is 0 Å². The van der Waals surface area contributed by atoms with E-state index in [1.807, 2.05) is 0 Å². The number of quaternary nitrogens is 2. The lowest BCUT2D eigenvalue weighted by Crippen LogP contribution is -3.14. The topological polar surface area (TPSA) is 47.2 Å². The number of morpholine rings is 1. The van der Waals surface area contributed by atoms with Crippen molar-refractivity contribution in [1.82, 2.24) is 5.32 Å². The van der Waals surface area contributed by atoms with Gasteiger partial charge in [0.2, 0.25) is 0 Å².